The fourth-order valence-electron chi connectivity index (χ4n) is 1.72. The van der Waals surface area contributed by atoms with Crippen molar-refractivity contribution in [2.24, 2.45) is 0 Å². The molecular formula is C14H20BrNO2. The minimum Gasteiger partial charge on any atom is -0.494 e. The second-order valence-corrected chi connectivity index (χ2v) is 5.54. The van der Waals surface area contributed by atoms with E-state index in [1.807, 2.05) is 12.1 Å². The van der Waals surface area contributed by atoms with Crippen LogP contribution in [0.1, 0.15) is 31.2 Å². The van der Waals surface area contributed by atoms with Crippen LogP contribution in [0, 0.1) is 0 Å². The number of unbranched alkanes of at least 4 members (excludes halogenated alkanes) is 1. The Balaban J connectivity index is 1.83. The van der Waals surface area contributed by atoms with Crippen molar-refractivity contribution in [3.8, 4) is 5.75 Å². The highest BCUT2D eigenvalue weighted by Crippen LogP contribution is 2.25. The Kier molecular flexibility index (Phi) is 5.47. The van der Waals surface area contributed by atoms with E-state index in [0.717, 1.165) is 29.6 Å². The number of aliphatic hydroxyl groups is 1. The van der Waals surface area contributed by atoms with Crippen LogP contribution in [0.15, 0.2) is 22.7 Å². The van der Waals surface area contributed by atoms with Gasteiger partial charge in [-0.3, -0.25) is 0 Å². The van der Waals surface area contributed by atoms with Crippen molar-refractivity contribution >= 4 is 15.9 Å². The summed E-state index contributed by atoms with van der Waals surface area (Å²) in [7, 11) is 0. The molecule has 100 valence electrons. The van der Waals surface area contributed by atoms with Crippen LogP contribution in [0.2, 0.25) is 0 Å². The number of nitrogens with one attached hydrogen (secondary N) is 1. The summed E-state index contributed by atoms with van der Waals surface area (Å²) in [5, 5.41) is 12.2. The summed E-state index contributed by atoms with van der Waals surface area (Å²) in [5.41, 5.74) is 1.24. The number of benzene rings is 1. The standard InChI is InChI=1S/C14H20BrNO2/c15-14-6-5-13(18-8-2-1-7-17)9-11(14)10-16-12-3-4-12/h5-6,9,12,16-17H,1-4,7-8,10H2. The van der Waals surface area contributed by atoms with Crippen LogP contribution in [0.3, 0.4) is 0 Å². The number of halogens is 1. The molecule has 18 heavy (non-hydrogen) atoms. The van der Waals surface area contributed by atoms with Gasteiger partial charge in [0.2, 0.25) is 0 Å². The van der Waals surface area contributed by atoms with Crippen molar-refractivity contribution in [3.63, 3.8) is 0 Å². The van der Waals surface area contributed by atoms with Gasteiger partial charge in [0.25, 0.3) is 0 Å². The van der Waals surface area contributed by atoms with Gasteiger partial charge in [0.1, 0.15) is 5.75 Å². The summed E-state index contributed by atoms with van der Waals surface area (Å²) >= 11 is 3.57. The molecule has 1 fully saturated rings. The second-order valence-electron chi connectivity index (χ2n) is 4.69. The van der Waals surface area contributed by atoms with Crippen LogP contribution < -0.4 is 10.1 Å². The molecule has 1 aromatic carbocycles. The Morgan fingerprint density at radius 2 is 2.17 bits per heavy atom. The van der Waals surface area contributed by atoms with Gasteiger partial charge < -0.3 is 15.2 Å². The Labute approximate surface area is 117 Å². The van der Waals surface area contributed by atoms with E-state index in [4.69, 9.17) is 9.84 Å². The van der Waals surface area contributed by atoms with Gasteiger partial charge in [0.15, 0.2) is 0 Å². The van der Waals surface area contributed by atoms with Crippen molar-refractivity contribution in [1.82, 2.24) is 5.32 Å². The average Bonchev–Trinajstić information content (AvgIpc) is 3.19. The maximum absolute atomic E-state index is 8.70. The van der Waals surface area contributed by atoms with Crippen molar-refractivity contribution in [2.45, 2.75) is 38.3 Å². The van der Waals surface area contributed by atoms with E-state index in [-0.39, 0.29) is 6.61 Å². The number of aliphatic hydroxyl groups excluding tert-OH is 1. The topological polar surface area (TPSA) is 41.5 Å². The molecule has 0 radical (unpaired) electrons. The van der Waals surface area contributed by atoms with E-state index < -0.39 is 0 Å². The van der Waals surface area contributed by atoms with E-state index in [1.165, 1.54) is 18.4 Å². The molecule has 4 heteroatoms. The quantitative estimate of drug-likeness (QED) is 0.725. The molecule has 1 aliphatic carbocycles. The Morgan fingerprint density at radius 1 is 1.33 bits per heavy atom. The Hall–Kier alpha value is -0.580. The predicted molar refractivity (Wildman–Crippen MR) is 75.8 cm³/mol. The largest absolute Gasteiger partial charge is 0.494 e. The van der Waals surface area contributed by atoms with Crippen LogP contribution >= 0.6 is 15.9 Å². The van der Waals surface area contributed by atoms with Crippen LogP contribution in [0.5, 0.6) is 5.75 Å². The third kappa shape index (κ3) is 4.59. The van der Waals surface area contributed by atoms with E-state index in [1.54, 1.807) is 0 Å². The van der Waals surface area contributed by atoms with Crippen molar-refractivity contribution in [1.29, 1.82) is 0 Å². The molecular weight excluding hydrogens is 294 g/mol. The molecule has 1 saturated carbocycles. The maximum atomic E-state index is 8.70. The van der Waals surface area contributed by atoms with Crippen LogP contribution in [-0.4, -0.2) is 24.4 Å². The zero-order valence-corrected chi connectivity index (χ0v) is 12.1. The number of ether oxygens (including phenoxy) is 1. The van der Waals surface area contributed by atoms with Crippen LogP contribution in [0.4, 0.5) is 0 Å². The molecule has 0 atom stereocenters. The summed E-state index contributed by atoms with van der Waals surface area (Å²) in [6.07, 6.45) is 4.29. The number of hydrogen-bond acceptors (Lipinski definition) is 3. The van der Waals surface area contributed by atoms with Gasteiger partial charge in [0.05, 0.1) is 6.61 Å². The van der Waals surface area contributed by atoms with Crippen molar-refractivity contribution in [3.05, 3.63) is 28.2 Å². The van der Waals surface area contributed by atoms with Crippen LogP contribution in [0.25, 0.3) is 0 Å². The van der Waals surface area contributed by atoms with E-state index in [0.29, 0.717) is 12.6 Å². The zero-order valence-electron chi connectivity index (χ0n) is 10.5. The SMILES string of the molecule is OCCCCOc1ccc(Br)c(CNC2CC2)c1. The fourth-order valence-corrected chi connectivity index (χ4v) is 2.11. The van der Waals surface area contributed by atoms with Gasteiger partial charge >= 0.3 is 0 Å². The lowest BCUT2D eigenvalue weighted by molar-refractivity contribution is 0.253. The van der Waals surface area contributed by atoms with E-state index in [2.05, 4.69) is 27.3 Å². The summed E-state index contributed by atoms with van der Waals surface area (Å²) in [5.74, 6) is 0.906. The van der Waals surface area contributed by atoms with Gasteiger partial charge in [-0.1, -0.05) is 15.9 Å². The summed E-state index contributed by atoms with van der Waals surface area (Å²) in [4.78, 5) is 0. The van der Waals surface area contributed by atoms with Crippen molar-refractivity contribution < 1.29 is 9.84 Å². The molecule has 0 aromatic heterocycles. The molecule has 0 unspecified atom stereocenters. The summed E-state index contributed by atoms with van der Waals surface area (Å²) in [6.45, 7) is 1.79. The highest BCUT2D eigenvalue weighted by molar-refractivity contribution is 9.10. The zero-order chi connectivity index (χ0) is 12.8. The molecule has 1 aliphatic rings. The van der Waals surface area contributed by atoms with E-state index >= 15 is 0 Å². The van der Waals surface area contributed by atoms with E-state index in [9.17, 15) is 0 Å². The highest BCUT2D eigenvalue weighted by Gasteiger charge is 2.20. The minimum absolute atomic E-state index is 0.236. The first-order valence-electron chi connectivity index (χ1n) is 6.55. The number of hydrogen-bond donors (Lipinski definition) is 2. The number of rotatable bonds is 8. The third-order valence-corrected chi connectivity index (χ3v) is 3.77. The molecule has 0 saturated heterocycles. The van der Waals surface area contributed by atoms with Gasteiger partial charge in [-0.05, 0) is 49.4 Å². The average molecular weight is 314 g/mol. The van der Waals surface area contributed by atoms with Gasteiger partial charge in [0, 0.05) is 23.7 Å². The molecule has 0 spiro atoms. The molecule has 0 bridgehead atoms. The van der Waals surface area contributed by atoms with Crippen molar-refractivity contribution in [2.75, 3.05) is 13.2 Å². The Bertz CT molecular complexity index is 380. The Morgan fingerprint density at radius 3 is 2.89 bits per heavy atom. The molecule has 1 aromatic rings. The fraction of sp³-hybridized carbons (Fsp3) is 0.571. The summed E-state index contributed by atoms with van der Waals surface area (Å²) in [6, 6.07) is 6.80. The first-order chi connectivity index (χ1) is 8.79. The molecule has 0 aliphatic heterocycles. The summed E-state index contributed by atoms with van der Waals surface area (Å²) < 4.78 is 6.79. The third-order valence-electron chi connectivity index (χ3n) is 3.00. The normalized spacial score (nSPS) is 14.8. The lowest BCUT2D eigenvalue weighted by atomic mass is 10.2. The highest BCUT2D eigenvalue weighted by atomic mass is 79.9. The molecule has 0 heterocycles. The molecule has 0 amide bonds. The predicted octanol–water partition coefficient (Wildman–Crippen LogP) is 2.85. The smallest absolute Gasteiger partial charge is 0.119 e. The molecule has 3 nitrogen and oxygen atoms in total. The van der Waals surface area contributed by atoms with Gasteiger partial charge in [-0.25, -0.2) is 0 Å². The lowest BCUT2D eigenvalue weighted by Crippen LogP contribution is -2.15. The first-order valence-corrected chi connectivity index (χ1v) is 7.34. The van der Waals surface area contributed by atoms with Crippen LogP contribution in [-0.2, 0) is 6.54 Å². The van der Waals surface area contributed by atoms with Gasteiger partial charge in [-0.15, -0.1) is 0 Å². The minimum atomic E-state index is 0.236. The molecule has 2 rings (SSSR count). The molecule has 2 N–H and O–H groups in total. The monoisotopic (exact) mass is 313 g/mol. The lowest BCUT2D eigenvalue weighted by Gasteiger charge is -2.10. The first kappa shape index (κ1) is 13.8. The second kappa shape index (κ2) is 7.12. The van der Waals surface area contributed by atoms with Gasteiger partial charge in [-0.2, -0.15) is 0 Å². The maximum Gasteiger partial charge on any atom is 0.119 e.